The van der Waals surface area contributed by atoms with E-state index in [1.54, 1.807) is 0 Å². The molecule has 3 unspecified atom stereocenters. The molecule has 0 amide bonds. The zero-order valence-electron chi connectivity index (χ0n) is 59.1. The average Bonchev–Trinajstić information content (AvgIpc) is 3.62. The van der Waals surface area contributed by atoms with Crippen LogP contribution in [-0.2, 0) is 65.4 Å². The Morgan fingerprint density at radius 2 is 0.560 bits per heavy atom. The number of phosphoric ester groups is 2. The predicted molar refractivity (Wildman–Crippen MR) is 368 cm³/mol. The highest BCUT2D eigenvalue weighted by atomic mass is 31.2. The molecule has 0 aliphatic heterocycles. The van der Waals surface area contributed by atoms with Crippen LogP contribution >= 0.6 is 15.6 Å². The number of aliphatic hydroxyl groups is 1. The lowest BCUT2D eigenvalue weighted by molar-refractivity contribution is -0.161. The number of esters is 4. The van der Waals surface area contributed by atoms with Crippen molar-refractivity contribution in [3.8, 4) is 0 Å². The van der Waals surface area contributed by atoms with Gasteiger partial charge in [0.1, 0.15) is 19.3 Å². The van der Waals surface area contributed by atoms with Gasteiger partial charge < -0.3 is 33.8 Å². The summed E-state index contributed by atoms with van der Waals surface area (Å²) in [4.78, 5) is 72.4. The Kier molecular flexibility index (Phi) is 62.7. The number of carbonyl (C=O) groups excluding carboxylic acids is 4. The molecule has 540 valence electrons. The molecule has 0 fully saturated rings. The summed E-state index contributed by atoms with van der Waals surface area (Å²) in [7, 11) is -9.89. The van der Waals surface area contributed by atoms with Gasteiger partial charge in [-0.25, -0.2) is 9.13 Å². The van der Waals surface area contributed by atoms with Gasteiger partial charge in [-0.15, -0.1) is 0 Å². The smallest absolute Gasteiger partial charge is 0.462 e. The van der Waals surface area contributed by atoms with Crippen LogP contribution in [-0.4, -0.2) is 96.7 Å². The molecule has 19 heteroatoms. The van der Waals surface area contributed by atoms with Crippen molar-refractivity contribution in [2.45, 2.75) is 387 Å². The molecule has 0 heterocycles. The summed E-state index contributed by atoms with van der Waals surface area (Å²) >= 11 is 0. The van der Waals surface area contributed by atoms with Crippen molar-refractivity contribution >= 4 is 39.5 Å². The Labute approximate surface area is 556 Å². The second-order valence-corrected chi connectivity index (χ2v) is 29.6. The zero-order valence-corrected chi connectivity index (χ0v) is 60.9. The van der Waals surface area contributed by atoms with Gasteiger partial charge in [-0.05, 0) is 37.5 Å². The quantitative estimate of drug-likeness (QED) is 0.0222. The van der Waals surface area contributed by atoms with E-state index in [1.165, 1.54) is 180 Å². The molecule has 17 nitrogen and oxygen atoms in total. The van der Waals surface area contributed by atoms with Gasteiger partial charge in [0, 0.05) is 25.7 Å². The lowest BCUT2D eigenvalue weighted by Crippen LogP contribution is -2.30. The Morgan fingerprint density at radius 1 is 0.319 bits per heavy atom. The highest BCUT2D eigenvalue weighted by molar-refractivity contribution is 7.47. The van der Waals surface area contributed by atoms with Crippen molar-refractivity contribution in [3.63, 3.8) is 0 Å². The molecule has 0 saturated heterocycles. The highest BCUT2D eigenvalue weighted by Crippen LogP contribution is 2.45. The molecular formula is C72H140O17P2. The Balaban J connectivity index is 5.16. The first-order valence-electron chi connectivity index (χ1n) is 37.5. The summed E-state index contributed by atoms with van der Waals surface area (Å²) in [5.41, 5.74) is 0. The van der Waals surface area contributed by atoms with E-state index >= 15 is 0 Å². The van der Waals surface area contributed by atoms with Gasteiger partial charge in [0.05, 0.1) is 26.4 Å². The molecule has 3 N–H and O–H groups in total. The summed E-state index contributed by atoms with van der Waals surface area (Å²) in [5, 5.41) is 10.6. The lowest BCUT2D eigenvalue weighted by atomic mass is 9.99. The maximum Gasteiger partial charge on any atom is 0.472 e. The average molecular weight is 1340 g/mol. The lowest BCUT2D eigenvalue weighted by Gasteiger charge is -2.21. The van der Waals surface area contributed by atoms with Gasteiger partial charge in [0.2, 0.25) is 0 Å². The molecule has 6 atom stereocenters. The van der Waals surface area contributed by atoms with Crippen LogP contribution in [0.1, 0.15) is 369 Å². The molecule has 91 heavy (non-hydrogen) atoms. The maximum absolute atomic E-state index is 13.0. The molecule has 0 aromatic heterocycles. The monoisotopic (exact) mass is 1340 g/mol. The molecule has 0 spiro atoms. The van der Waals surface area contributed by atoms with Crippen molar-refractivity contribution in [3.05, 3.63) is 0 Å². The van der Waals surface area contributed by atoms with Crippen LogP contribution in [0.3, 0.4) is 0 Å². The summed E-state index contributed by atoms with van der Waals surface area (Å²) in [5.74, 6) is -0.560. The molecule has 0 bridgehead atoms. The van der Waals surface area contributed by atoms with Crippen LogP contribution in [0.4, 0.5) is 0 Å². The molecule has 0 aliphatic rings. The molecule has 0 aromatic carbocycles. The first kappa shape index (κ1) is 89.1. The van der Waals surface area contributed by atoms with Crippen LogP contribution in [0.2, 0.25) is 0 Å². The SMILES string of the molecule is CCCCCCCCCCCCCCCCCCC(=O)OC[C@H](COP(=O)(O)OC[C@@H](O)COP(=O)(O)OC[C@@H](COC(=O)CCCCCCC)OC(=O)CCCCCCCCCCC(C)CC)OC(=O)CCCCCCCCCCCCCCCCCC(C)C. The summed E-state index contributed by atoms with van der Waals surface area (Å²) in [6.45, 7) is 9.50. The largest absolute Gasteiger partial charge is 0.472 e. The van der Waals surface area contributed by atoms with Crippen molar-refractivity contribution in [2.75, 3.05) is 39.6 Å². The van der Waals surface area contributed by atoms with Crippen LogP contribution < -0.4 is 0 Å². The van der Waals surface area contributed by atoms with Gasteiger partial charge in [-0.1, -0.05) is 318 Å². The van der Waals surface area contributed by atoms with Crippen molar-refractivity contribution in [1.82, 2.24) is 0 Å². The molecule has 0 radical (unpaired) electrons. The third kappa shape index (κ3) is 65.1. The first-order chi connectivity index (χ1) is 43.9. The third-order valence-corrected chi connectivity index (χ3v) is 19.0. The zero-order chi connectivity index (χ0) is 67.2. The number of unbranched alkanes of at least 4 members (excludes halogenated alkanes) is 40. The number of rotatable bonds is 71. The topological polar surface area (TPSA) is 237 Å². The van der Waals surface area contributed by atoms with E-state index < -0.39 is 97.5 Å². The molecule has 0 rings (SSSR count). The number of ether oxygens (including phenoxy) is 4. The third-order valence-electron chi connectivity index (χ3n) is 17.1. The fraction of sp³-hybridized carbons (Fsp3) is 0.944. The van der Waals surface area contributed by atoms with Crippen molar-refractivity contribution < 1.29 is 80.2 Å². The van der Waals surface area contributed by atoms with Gasteiger partial charge in [-0.2, -0.15) is 0 Å². The summed E-state index contributed by atoms with van der Waals surface area (Å²) in [6.07, 6.45) is 50.3. The van der Waals surface area contributed by atoms with Gasteiger partial charge >= 0.3 is 39.5 Å². The second kappa shape index (κ2) is 64.1. The summed E-state index contributed by atoms with van der Waals surface area (Å²) < 4.78 is 68.2. The Hall–Kier alpha value is -1.94. The van der Waals surface area contributed by atoms with Crippen LogP contribution in [0.15, 0.2) is 0 Å². The standard InChI is InChI=1S/C72H140O17P2/c1-7-10-12-14-15-16-17-18-19-22-25-28-31-37-43-49-55-70(75)83-61-68(89-71(76)56-50-44-38-32-29-26-23-20-21-24-27-30-35-41-46-52-64(4)5)63-87-91(80,81)85-59-66(73)58-84-90(78,79)86-62-67(60-82-69(74)54-48-40-13-11-8-2)88-72(77)57-51-45-39-34-33-36-42-47-53-65(6)9-3/h64-68,73H,7-63H2,1-6H3,(H,78,79)(H,80,81)/t65?,66-,67+,68+/m0/s1. The van der Waals surface area contributed by atoms with E-state index in [1.807, 2.05) is 0 Å². The van der Waals surface area contributed by atoms with Gasteiger partial charge in [0.15, 0.2) is 12.2 Å². The number of phosphoric acid groups is 2. The van der Waals surface area contributed by atoms with E-state index in [-0.39, 0.29) is 25.7 Å². The van der Waals surface area contributed by atoms with E-state index in [0.717, 1.165) is 108 Å². The molecule has 0 aliphatic carbocycles. The van der Waals surface area contributed by atoms with Crippen LogP contribution in [0.25, 0.3) is 0 Å². The minimum Gasteiger partial charge on any atom is -0.462 e. The summed E-state index contributed by atoms with van der Waals surface area (Å²) in [6, 6.07) is 0. The van der Waals surface area contributed by atoms with E-state index in [9.17, 15) is 43.2 Å². The number of hydrogen-bond acceptors (Lipinski definition) is 15. The Bertz CT molecular complexity index is 1770. The van der Waals surface area contributed by atoms with Crippen LogP contribution in [0, 0.1) is 11.8 Å². The maximum atomic E-state index is 13.0. The fourth-order valence-corrected chi connectivity index (χ4v) is 12.5. The highest BCUT2D eigenvalue weighted by Gasteiger charge is 2.30. The number of carbonyl (C=O) groups is 4. The predicted octanol–water partition coefficient (Wildman–Crippen LogP) is 20.8. The van der Waals surface area contributed by atoms with Crippen molar-refractivity contribution in [2.24, 2.45) is 11.8 Å². The first-order valence-corrected chi connectivity index (χ1v) is 40.5. The minimum absolute atomic E-state index is 0.104. The van der Waals surface area contributed by atoms with Gasteiger partial charge in [0.25, 0.3) is 0 Å². The second-order valence-electron chi connectivity index (χ2n) is 26.7. The minimum atomic E-state index is -4.95. The normalized spacial score (nSPS) is 14.4. The number of hydrogen-bond donors (Lipinski definition) is 3. The molecule has 0 aromatic rings. The van der Waals surface area contributed by atoms with E-state index in [0.29, 0.717) is 25.7 Å². The molecular weight excluding hydrogens is 1200 g/mol. The van der Waals surface area contributed by atoms with Crippen molar-refractivity contribution in [1.29, 1.82) is 0 Å². The van der Waals surface area contributed by atoms with E-state index in [4.69, 9.17) is 37.0 Å². The van der Waals surface area contributed by atoms with E-state index in [2.05, 4.69) is 41.5 Å². The molecule has 0 saturated carbocycles. The van der Waals surface area contributed by atoms with Gasteiger partial charge in [-0.3, -0.25) is 37.3 Å². The van der Waals surface area contributed by atoms with Crippen LogP contribution in [0.5, 0.6) is 0 Å². The number of aliphatic hydroxyl groups excluding tert-OH is 1. The Morgan fingerprint density at radius 3 is 0.835 bits per heavy atom. The fourth-order valence-electron chi connectivity index (χ4n) is 10.9.